The number of furan rings is 1. The van der Waals surface area contributed by atoms with Crippen molar-refractivity contribution in [3.05, 3.63) is 280 Å². The van der Waals surface area contributed by atoms with Gasteiger partial charge in [-0.25, -0.2) is 0 Å². The number of anilines is 3. The molecule has 0 spiro atoms. The highest BCUT2D eigenvalue weighted by Crippen LogP contribution is 2.59. The first-order valence-corrected chi connectivity index (χ1v) is 21.6. The quantitative estimate of drug-likeness (QED) is 0.160. The van der Waals surface area contributed by atoms with Gasteiger partial charge < -0.3 is 9.32 Å². The molecule has 0 aliphatic heterocycles. The van der Waals surface area contributed by atoms with Crippen LogP contribution >= 0.6 is 0 Å². The van der Waals surface area contributed by atoms with Crippen LogP contribution in [0.5, 0.6) is 0 Å². The van der Waals surface area contributed by atoms with E-state index in [4.69, 9.17) is 4.42 Å². The SMILES string of the molecule is Cc1ccc(C2(c3ccccc3)c3ccccc3-c3ccc(N(c4ccc5c(c4)C(c4ccccc4)(c4ccc(C)cc4)c4ccccc4-5)c4ccc5ccoc5c4)cc32)cc1. The van der Waals surface area contributed by atoms with Gasteiger partial charge in [-0.3, -0.25) is 0 Å². The van der Waals surface area contributed by atoms with Gasteiger partial charge in [-0.2, -0.15) is 0 Å². The third kappa shape index (κ3) is 5.17. The molecule has 0 saturated heterocycles. The van der Waals surface area contributed by atoms with Crippen LogP contribution in [0.2, 0.25) is 0 Å². The maximum Gasteiger partial charge on any atom is 0.135 e. The van der Waals surface area contributed by atoms with Gasteiger partial charge in [0.1, 0.15) is 5.58 Å². The van der Waals surface area contributed by atoms with Crippen molar-refractivity contribution >= 4 is 28.0 Å². The summed E-state index contributed by atoms with van der Waals surface area (Å²) in [5.74, 6) is 0. The summed E-state index contributed by atoms with van der Waals surface area (Å²) in [6.45, 7) is 4.34. The zero-order chi connectivity index (χ0) is 41.4. The van der Waals surface area contributed by atoms with Gasteiger partial charge in [0.2, 0.25) is 0 Å². The average Bonchev–Trinajstić information content (AvgIpc) is 4.00. The standard InChI is InChI=1S/C60H43NO/c1-40-21-26-45(27-22-40)59(43-13-5-3-6-14-43)54-19-11-9-17-50(54)52-33-31-47(37-56(52)59)61(49-30-25-42-35-36-62-58(42)39-49)48-32-34-53-51-18-10-12-20-55(51)60(57(53)38-48,44-15-7-4-8-16-44)46-28-23-41(2)24-29-46/h3-39H,1-2H3. The lowest BCUT2D eigenvalue weighted by atomic mass is 9.67. The van der Waals surface area contributed by atoms with E-state index in [2.05, 4.69) is 231 Å². The molecule has 1 aromatic heterocycles. The fourth-order valence-electron chi connectivity index (χ4n) is 10.9. The maximum absolute atomic E-state index is 6.10. The van der Waals surface area contributed by atoms with Crippen LogP contribution in [0.25, 0.3) is 33.2 Å². The molecule has 294 valence electrons. The Kier molecular flexibility index (Phi) is 8.14. The largest absolute Gasteiger partial charge is 0.464 e. The van der Waals surface area contributed by atoms with Gasteiger partial charge in [-0.1, -0.05) is 181 Å². The third-order valence-electron chi connectivity index (χ3n) is 13.7. The van der Waals surface area contributed by atoms with Crippen molar-refractivity contribution < 1.29 is 4.42 Å². The Hall–Kier alpha value is -7.68. The van der Waals surface area contributed by atoms with Gasteiger partial charge >= 0.3 is 0 Å². The lowest BCUT2D eigenvalue weighted by Crippen LogP contribution is -2.29. The Morgan fingerprint density at radius 1 is 0.339 bits per heavy atom. The Morgan fingerprint density at radius 2 is 0.742 bits per heavy atom. The van der Waals surface area contributed by atoms with Gasteiger partial charge in [0.15, 0.2) is 0 Å². The molecule has 0 bridgehead atoms. The summed E-state index contributed by atoms with van der Waals surface area (Å²) in [6.07, 6.45) is 1.78. The second kappa shape index (κ2) is 13.9. The number of hydrogen-bond acceptors (Lipinski definition) is 2. The zero-order valence-electron chi connectivity index (χ0n) is 34.7. The predicted octanol–water partition coefficient (Wildman–Crippen LogP) is 15.2. The Balaban J connectivity index is 1.14. The highest BCUT2D eigenvalue weighted by Gasteiger charge is 2.48. The minimum absolute atomic E-state index is 0.541. The fourth-order valence-corrected chi connectivity index (χ4v) is 10.9. The smallest absolute Gasteiger partial charge is 0.135 e. The average molecular weight is 794 g/mol. The molecule has 1 heterocycles. The molecule has 62 heavy (non-hydrogen) atoms. The van der Waals surface area contributed by atoms with E-state index in [9.17, 15) is 0 Å². The van der Waals surface area contributed by atoms with Crippen LogP contribution < -0.4 is 4.90 Å². The van der Waals surface area contributed by atoms with Crippen molar-refractivity contribution in [2.75, 3.05) is 4.90 Å². The Bertz CT molecular complexity index is 3120. The molecule has 2 unspecified atom stereocenters. The Morgan fingerprint density at radius 3 is 1.24 bits per heavy atom. The van der Waals surface area contributed by atoms with E-state index < -0.39 is 10.8 Å². The first-order valence-electron chi connectivity index (χ1n) is 21.6. The summed E-state index contributed by atoms with van der Waals surface area (Å²) >= 11 is 0. The summed E-state index contributed by atoms with van der Waals surface area (Å²) in [7, 11) is 0. The lowest BCUT2D eigenvalue weighted by Gasteiger charge is -2.36. The van der Waals surface area contributed by atoms with E-state index in [-0.39, 0.29) is 0 Å². The normalized spacial score (nSPS) is 17.0. The minimum atomic E-state index is -0.541. The van der Waals surface area contributed by atoms with E-state index in [0.29, 0.717) is 0 Å². The van der Waals surface area contributed by atoms with Crippen molar-refractivity contribution in [3.63, 3.8) is 0 Å². The van der Waals surface area contributed by atoms with Crippen molar-refractivity contribution in [2.24, 2.45) is 0 Å². The van der Waals surface area contributed by atoms with E-state index in [1.165, 1.54) is 77.9 Å². The zero-order valence-corrected chi connectivity index (χ0v) is 34.7. The lowest BCUT2D eigenvalue weighted by molar-refractivity contribution is 0.616. The topological polar surface area (TPSA) is 16.4 Å². The van der Waals surface area contributed by atoms with Crippen LogP contribution in [-0.2, 0) is 10.8 Å². The Labute approximate surface area is 363 Å². The summed E-state index contributed by atoms with van der Waals surface area (Å²) in [6, 6.07) is 81.3. The molecule has 2 heteroatoms. The summed E-state index contributed by atoms with van der Waals surface area (Å²) in [4.78, 5) is 2.43. The van der Waals surface area contributed by atoms with Gasteiger partial charge in [-0.15, -0.1) is 0 Å². The molecule has 2 aliphatic rings. The van der Waals surface area contributed by atoms with Crippen LogP contribution in [0, 0.1) is 13.8 Å². The van der Waals surface area contributed by atoms with Gasteiger partial charge in [-0.05, 0) is 123 Å². The fraction of sp³-hybridized carbons (Fsp3) is 0.0667. The minimum Gasteiger partial charge on any atom is -0.464 e. The summed E-state index contributed by atoms with van der Waals surface area (Å²) < 4.78 is 6.10. The molecule has 2 aliphatic carbocycles. The van der Waals surface area contributed by atoms with Gasteiger partial charge in [0.25, 0.3) is 0 Å². The number of fused-ring (bicyclic) bond motifs is 7. The van der Waals surface area contributed by atoms with Crippen molar-refractivity contribution in [2.45, 2.75) is 24.7 Å². The molecular weight excluding hydrogens is 751 g/mol. The molecule has 0 saturated carbocycles. The van der Waals surface area contributed by atoms with Crippen LogP contribution in [0.1, 0.15) is 55.6 Å². The van der Waals surface area contributed by atoms with Gasteiger partial charge in [0.05, 0.1) is 17.1 Å². The number of hydrogen-bond donors (Lipinski definition) is 0. The van der Waals surface area contributed by atoms with E-state index in [0.717, 1.165) is 28.0 Å². The molecule has 10 aromatic rings. The van der Waals surface area contributed by atoms with Crippen molar-refractivity contribution in [1.82, 2.24) is 0 Å². The molecule has 12 rings (SSSR count). The van der Waals surface area contributed by atoms with Crippen LogP contribution in [-0.4, -0.2) is 0 Å². The van der Waals surface area contributed by atoms with Crippen LogP contribution in [0.15, 0.2) is 229 Å². The van der Waals surface area contributed by atoms with E-state index >= 15 is 0 Å². The molecule has 0 amide bonds. The molecule has 0 N–H and O–H groups in total. The summed E-state index contributed by atoms with van der Waals surface area (Å²) in [5.41, 5.74) is 20.6. The molecule has 0 fully saturated rings. The number of nitrogens with zero attached hydrogens (tertiary/aromatic N) is 1. The first-order chi connectivity index (χ1) is 30.5. The molecule has 2 nitrogen and oxygen atoms in total. The van der Waals surface area contributed by atoms with E-state index in [1.807, 2.05) is 6.07 Å². The van der Waals surface area contributed by atoms with Crippen molar-refractivity contribution in [1.29, 1.82) is 0 Å². The summed E-state index contributed by atoms with van der Waals surface area (Å²) in [5, 5.41) is 1.08. The highest BCUT2D eigenvalue weighted by molar-refractivity contribution is 5.93. The molecule has 0 radical (unpaired) electrons. The van der Waals surface area contributed by atoms with Crippen molar-refractivity contribution in [3.8, 4) is 22.3 Å². The third-order valence-corrected chi connectivity index (χ3v) is 13.7. The monoisotopic (exact) mass is 793 g/mol. The van der Waals surface area contributed by atoms with Gasteiger partial charge in [0, 0.05) is 28.5 Å². The molecular formula is C60H43NO. The number of benzene rings is 9. The second-order valence-corrected chi connectivity index (χ2v) is 17.0. The molecule has 9 aromatic carbocycles. The highest BCUT2D eigenvalue weighted by atomic mass is 16.3. The number of aryl methyl sites for hydroxylation is 2. The molecule has 2 atom stereocenters. The number of rotatable bonds is 7. The maximum atomic E-state index is 6.10. The van der Waals surface area contributed by atoms with E-state index in [1.54, 1.807) is 6.26 Å². The predicted molar refractivity (Wildman–Crippen MR) is 255 cm³/mol. The second-order valence-electron chi connectivity index (χ2n) is 17.0. The van der Waals surface area contributed by atoms with Crippen LogP contribution in [0.4, 0.5) is 17.1 Å². The first kappa shape index (κ1) is 36.2. The van der Waals surface area contributed by atoms with Crippen LogP contribution in [0.3, 0.4) is 0 Å².